The van der Waals surface area contributed by atoms with Gasteiger partial charge in [-0.3, -0.25) is 4.79 Å². The van der Waals surface area contributed by atoms with Crippen LogP contribution >= 0.6 is 0 Å². The number of hydrogen-bond acceptors (Lipinski definition) is 2. The van der Waals surface area contributed by atoms with Crippen LogP contribution in [0, 0.1) is 5.41 Å². The molecule has 0 bridgehead atoms. The molecule has 1 fully saturated rings. The fourth-order valence-electron chi connectivity index (χ4n) is 1.86. The van der Waals surface area contributed by atoms with Crippen LogP contribution < -0.4 is 0 Å². The van der Waals surface area contributed by atoms with E-state index in [1.807, 2.05) is 11.8 Å². The lowest BCUT2D eigenvalue weighted by Crippen LogP contribution is -2.58. The van der Waals surface area contributed by atoms with E-state index in [4.69, 9.17) is 4.74 Å². The summed E-state index contributed by atoms with van der Waals surface area (Å²) in [7, 11) is 1.71. The largest absolute Gasteiger partial charge is 0.384 e. The molecule has 3 nitrogen and oxygen atoms in total. The molecule has 1 amide bonds. The first-order chi connectivity index (χ1) is 6.11. The molecule has 1 aliphatic rings. The number of likely N-dealkylation sites (tertiary alicyclic amines) is 1. The van der Waals surface area contributed by atoms with Gasteiger partial charge in [-0.1, -0.05) is 13.8 Å². The first kappa shape index (κ1) is 10.5. The molecule has 0 aromatic heterocycles. The smallest absolute Gasteiger partial charge is 0.222 e. The molecule has 13 heavy (non-hydrogen) atoms. The van der Waals surface area contributed by atoms with E-state index in [-0.39, 0.29) is 11.3 Å². The van der Waals surface area contributed by atoms with Crippen molar-refractivity contribution in [3.05, 3.63) is 0 Å². The Morgan fingerprint density at radius 1 is 1.54 bits per heavy atom. The third-order valence-corrected chi connectivity index (χ3v) is 2.45. The number of carbonyl (C=O) groups excluding carboxylic acids is 1. The zero-order chi connectivity index (χ0) is 9.90. The van der Waals surface area contributed by atoms with Crippen LogP contribution in [0.2, 0.25) is 0 Å². The van der Waals surface area contributed by atoms with Gasteiger partial charge < -0.3 is 9.64 Å². The van der Waals surface area contributed by atoms with Gasteiger partial charge in [0.25, 0.3) is 0 Å². The van der Waals surface area contributed by atoms with Crippen LogP contribution in [0.1, 0.15) is 26.7 Å². The Hall–Kier alpha value is -0.570. The van der Waals surface area contributed by atoms with Gasteiger partial charge in [0.1, 0.15) is 0 Å². The standard InChI is InChI=1S/C10H19NO2/c1-4-5-9(12)11-6-10(2,7-11)8-13-3/h4-8H2,1-3H3. The molecule has 0 aliphatic carbocycles. The first-order valence-corrected chi connectivity index (χ1v) is 4.88. The average molecular weight is 185 g/mol. The third kappa shape index (κ3) is 2.44. The Balaban J connectivity index is 2.27. The van der Waals surface area contributed by atoms with Crippen LogP contribution in [0.3, 0.4) is 0 Å². The molecule has 0 radical (unpaired) electrons. The van der Waals surface area contributed by atoms with Crippen LogP contribution in [-0.2, 0) is 9.53 Å². The monoisotopic (exact) mass is 185 g/mol. The van der Waals surface area contributed by atoms with Crippen molar-refractivity contribution < 1.29 is 9.53 Å². The minimum Gasteiger partial charge on any atom is -0.384 e. The van der Waals surface area contributed by atoms with Crippen molar-refractivity contribution in [2.24, 2.45) is 5.41 Å². The molecule has 0 unspecified atom stereocenters. The second-order valence-corrected chi connectivity index (χ2v) is 4.24. The van der Waals surface area contributed by atoms with Gasteiger partial charge in [0.2, 0.25) is 5.91 Å². The summed E-state index contributed by atoms with van der Waals surface area (Å²) < 4.78 is 5.10. The lowest BCUT2D eigenvalue weighted by molar-refractivity contribution is -0.145. The Labute approximate surface area is 80.1 Å². The number of rotatable bonds is 4. The first-order valence-electron chi connectivity index (χ1n) is 4.88. The van der Waals surface area contributed by atoms with Gasteiger partial charge in [-0.15, -0.1) is 0 Å². The minimum atomic E-state index is 0.206. The van der Waals surface area contributed by atoms with Gasteiger partial charge in [-0.05, 0) is 6.42 Å². The van der Waals surface area contributed by atoms with Crippen molar-refractivity contribution in [3.63, 3.8) is 0 Å². The summed E-state index contributed by atoms with van der Waals surface area (Å²) in [4.78, 5) is 13.3. The summed E-state index contributed by atoms with van der Waals surface area (Å²) in [6.45, 7) is 6.67. The summed E-state index contributed by atoms with van der Waals surface area (Å²) in [5.74, 6) is 0.288. The predicted molar refractivity (Wildman–Crippen MR) is 51.5 cm³/mol. The third-order valence-electron chi connectivity index (χ3n) is 2.45. The zero-order valence-corrected chi connectivity index (χ0v) is 8.80. The van der Waals surface area contributed by atoms with E-state index >= 15 is 0 Å². The van der Waals surface area contributed by atoms with Crippen LogP contribution in [0.15, 0.2) is 0 Å². The van der Waals surface area contributed by atoms with Gasteiger partial charge in [-0.25, -0.2) is 0 Å². The van der Waals surface area contributed by atoms with E-state index in [0.29, 0.717) is 6.42 Å². The lowest BCUT2D eigenvalue weighted by atomic mass is 9.82. The van der Waals surface area contributed by atoms with Gasteiger partial charge in [0, 0.05) is 32.0 Å². The van der Waals surface area contributed by atoms with Crippen LogP contribution in [-0.4, -0.2) is 37.6 Å². The average Bonchev–Trinajstić information content (AvgIpc) is 2.01. The van der Waals surface area contributed by atoms with Crippen molar-refractivity contribution in [1.29, 1.82) is 0 Å². The van der Waals surface area contributed by atoms with Crippen molar-refractivity contribution in [3.8, 4) is 0 Å². The van der Waals surface area contributed by atoms with E-state index in [1.165, 1.54) is 0 Å². The van der Waals surface area contributed by atoms with E-state index in [0.717, 1.165) is 26.1 Å². The van der Waals surface area contributed by atoms with E-state index in [1.54, 1.807) is 7.11 Å². The topological polar surface area (TPSA) is 29.5 Å². The number of nitrogens with zero attached hydrogens (tertiary/aromatic N) is 1. The maximum Gasteiger partial charge on any atom is 0.222 e. The van der Waals surface area contributed by atoms with Crippen LogP contribution in [0.4, 0.5) is 0 Å². The number of ether oxygens (including phenoxy) is 1. The molecule has 0 N–H and O–H groups in total. The Kier molecular flexibility index (Phi) is 3.31. The normalized spacial score (nSPS) is 19.8. The lowest BCUT2D eigenvalue weighted by Gasteiger charge is -2.47. The fraction of sp³-hybridized carbons (Fsp3) is 0.900. The Morgan fingerprint density at radius 3 is 2.62 bits per heavy atom. The zero-order valence-electron chi connectivity index (χ0n) is 8.80. The number of amides is 1. The molecular formula is C10H19NO2. The number of carbonyl (C=O) groups is 1. The molecular weight excluding hydrogens is 166 g/mol. The molecule has 3 heteroatoms. The Morgan fingerprint density at radius 2 is 2.15 bits per heavy atom. The van der Waals surface area contributed by atoms with Gasteiger partial charge >= 0.3 is 0 Å². The van der Waals surface area contributed by atoms with Crippen LogP contribution in [0.25, 0.3) is 0 Å². The van der Waals surface area contributed by atoms with Crippen molar-refractivity contribution in [2.45, 2.75) is 26.7 Å². The molecule has 76 valence electrons. The molecule has 1 aliphatic heterocycles. The molecule has 0 atom stereocenters. The highest BCUT2D eigenvalue weighted by Gasteiger charge is 2.40. The molecule has 1 rings (SSSR count). The highest BCUT2D eigenvalue weighted by Crippen LogP contribution is 2.30. The molecule has 1 heterocycles. The van der Waals surface area contributed by atoms with Gasteiger partial charge in [-0.2, -0.15) is 0 Å². The summed E-state index contributed by atoms with van der Waals surface area (Å²) in [5, 5.41) is 0. The second kappa shape index (κ2) is 4.09. The Bertz CT molecular complexity index is 185. The van der Waals surface area contributed by atoms with Gasteiger partial charge in [0.05, 0.1) is 6.61 Å². The van der Waals surface area contributed by atoms with E-state index < -0.39 is 0 Å². The number of methoxy groups -OCH3 is 1. The van der Waals surface area contributed by atoms with Gasteiger partial charge in [0.15, 0.2) is 0 Å². The molecule has 1 saturated heterocycles. The van der Waals surface area contributed by atoms with E-state index in [9.17, 15) is 4.79 Å². The summed E-state index contributed by atoms with van der Waals surface area (Å²) in [6, 6.07) is 0. The summed E-state index contributed by atoms with van der Waals surface area (Å²) >= 11 is 0. The van der Waals surface area contributed by atoms with Crippen molar-refractivity contribution in [1.82, 2.24) is 4.90 Å². The molecule has 0 aromatic rings. The second-order valence-electron chi connectivity index (χ2n) is 4.24. The maximum absolute atomic E-state index is 11.4. The van der Waals surface area contributed by atoms with Crippen LogP contribution in [0.5, 0.6) is 0 Å². The SMILES string of the molecule is CCCC(=O)N1CC(C)(COC)C1. The predicted octanol–water partition coefficient (Wildman–Crippen LogP) is 1.28. The highest BCUT2D eigenvalue weighted by molar-refractivity contribution is 5.77. The molecule has 0 saturated carbocycles. The molecule has 0 aromatic carbocycles. The molecule has 0 spiro atoms. The van der Waals surface area contributed by atoms with Crippen molar-refractivity contribution >= 4 is 5.91 Å². The summed E-state index contributed by atoms with van der Waals surface area (Å²) in [5.41, 5.74) is 0.206. The van der Waals surface area contributed by atoms with E-state index in [2.05, 4.69) is 6.92 Å². The minimum absolute atomic E-state index is 0.206. The number of hydrogen-bond donors (Lipinski definition) is 0. The maximum atomic E-state index is 11.4. The summed E-state index contributed by atoms with van der Waals surface area (Å²) in [6.07, 6.45) is 1.62. The highest BCUT2D eigenvalue weighted by atomic mass is 16.5. The van der Waals surface area contributed by atoms with Crippen molar-refractivity contribution in [2.75, 3.05) is 26.8 Å². The fourth-order valence-corrected chi connectivity index (χ4v) is 1.86. The quantitative estimate of drug-likeness (QED) is 0.660.